The Morgan fingerprint density at radius 1 is 0.921 bits per heavy atom. The molecule has 2 aromatic carbocycles. The van der Waals surface area contributed by atoms with E-state index in [9.17, 15) is 8.42 Å². The maximum Gasteiger partial charge on any atom is 0.175 e. The van der Waals surface area contributed by atoms with E-state index < -0.39 is 9.84 Å². The third-order valence-electron chi connectivity index (χ3n) is 9.41. The van der Waals surface area contributed by atoms with Crippen LogP contribution in [-0.2, 0) is 16.9 Å². The summed E-state index contributed by atoms with van der Waals surface area (Å²) in [5.41, 5.74) is 2.69. The Balaban J connectivity index is 1.18. The van der Waals surface area contributed by atoms with Crippen molar-refractivity contribution in [2.75, 3.05) is 19.3 Å². The SMILES string of the molecule is CC(C)N1C2CCC1CC(N1CCC(c3ccc4c(nc(-c5ccc(S(C)(=O)=O)cc5)n4C)c3F)CC1)C2. The average molecular weight is 539 g/mol. The van der Waals surface area contributed by atoms with Crippen LogP contribution in [0.5, 0.6) is 0 Å². The zero-order valence-corrected chi connectivity index (χ0v) is 23.7. The van der Waals surface area contributed by atoms with Gasteiger partial charge in [-0.1, -0.05) is 6.07 Å². The Kier molecular flexibility index (Phi) is 6.64. The fourth-order valence-electron chi connectivity index (χ4n) is 7.57. The quantitative estimate of drug-likeness (QED) is 0.437. The second-order valence-electron chi connectivity index (χ2n) is 12.0. The van der Waals surface area contributed by atoms with Crippen LogP contribution in [0.1, 0.15) is 63.9 Å². The van der Waals surface area contributed by atoms with Gasteiger partial charge in [0, 0.05) is 43.0 Å². The van der Waals surface area contributed by atoms with Gasteiger partial charge in [0.2, 0.25) is 0 Å². The molecule has 0 saturated carbocycles. The Hall–Kier alpha value is -2.29. The lowest BCUT2D eigenvalue weighted by atomic mass is 9.86. The first kappa shape index (κ1) is 26.0. The van der Waals surface area contributed by atoms with E-state index in [0.717, 1.165) is 54.7 Å². The number of benzene rings is 2. The minimum absolute atomic E-state index is 0.209. The van der Waals surface area contributed by atoms with Crippen LogP contribution in [0, 0.1) is 5.82 Å². The summed E-state index contributed by atoms with van der Waals surface area (Å²) >= 11 is 0. The molecule has 0 N–H and O–H groups in total. The summed E-state index contributed by atoms with van der Waals surface area (Å²) in [6.07, 6.45) is 8.40. The number of nitrogens with zero attached hydrogens (tertiary/aromatic N) is 4. The summed E-state index contributed by atoms with van der Waals surface area (Å²) in [6.45, 7) is 6.74. The van der Waals surface area contributed by atoms with Crippen LogP contribution in [0.25, 0.3) is 22.4 Å². The normalized spacial score (nSPS) is 25.6. The predicted molar refractivity (Wildman–Crippen MR) is 150 cm³/mol. The van der Waals surface area contributed by atoms with Crippen LogP contribution in [0.4, 0.5) is 4.39 Å². The van der Waals surface area contributed by atoms with Crippen molar-refractivity contribution in [3.63, 3.8) is 0 Å². The first-order valence-electron chi connectivity index (χ1n) is 14.1. The van der Waals surface area contributed by atoms with Crippen molar-refractivity contribution in [3.05, 3.63) is 47.8 Å². The maximum absolute atomic E-state index is 15.9. The van der Waals surface area contributed by atoms with Gasteiger partial charge in [0.15, 0.2) is 15.7 Å². The smallest absolute Gasteiger partial charge is 0.175 e. The monoisotopic (exact) mass is 538 g/mol. The lowest BCUT2D eigenvalue weighted by Gasteiger charge is -2.46. The Morgan fingerprint density at radius 3 is 2.13 bits per heavy atom. The predicted octanol–water partition coefficient (Wildman–Crippen LogP) is 5.37. The molecule has 6 rings (SSSR count). The van der Waals surface area contributed by atoms with Crippen LogP contribution in [0.3, 0.4) is 0 Å². The number of hydrogen-bond acceptors (Lipinski definition) is 5. The van der Waals surface area contributed by atoms with Crippen LogP contribution in [0.2, 0.25) is 0 Å². The van der Waals surface area contributed by atoms with E-state index in [-0.39, 0.29) is 16.6 Å². The van der Waals surface area contributed by atoms with Crippen LogP contribution < -0.4 is 0 Å². The van der Waals surface area contributed by atoms with E-state index in [4.69, 9.17) is 0 Å². The molecule has 6 nitrogen and oxygen atoms in total. The number of imidazole rings is 1. The molecule has 3 aliphatic rings. The van der Waals surface area contributed by atoms with Crippen LogP contribution in [-0.4, -0.2) is 71.3 Å². The van der Waals surface area contributed by atoms with E-state index in [1.165, 1.54) is 31.9 Å². The molecular weight excluding hydrogens is 499 g/mol. The number of aryl methyl sites for hydroxylation is 1. The Labute approximate surface area is 225 Å². The second kappa shape index (κ2) is 9.72. The first-order valence-corrected chi connectivity index (χ1v) is 16.0. The molecule has 3 saturated heterocycles. The van der Waals surface area contributed by atoms with Gasteiger partial charge in [0.05, 0.1) is 10.4 Å². The molecule has 2 bridgehead atoms. The largest absolute Gasteiger partial charge is 0.327 e. The third kappa shape index (κ3) is 4.48. The molecule has 3 fully saturated rings. The van der Waals surface area contributed by atoms with E-state index in [1.54, 1.807) is 24.3 Å². The van der Waals surface area contributed by atoms with Gasteiger partial charge in [0.25, 0.3) is 0 Å². The van der Waals surface area contributed by atoms with Crippen molar-refractivity contribution < 1.29 is 12.8 Å². The molecule has 0 radical (unpaired) electrons. The summed E-state index contributed by atoms with van der Waals surface area (Å²) < 4.78 is 41.4. The molecule has 3 aliphatic heterocycles. The molecule has 204 valence electrons. The van der Waals surface area contributed by atoms with Crippen molar-refractivity contribution in [1.29, 1.82) is 0 Å². The standard InChI is InChI=1S/C30H39FN4O2S/c1-19(2)35-22-7-8-23(35)18-24(17-22)34-15-13-20(14-16-34)26-11-12-27-29(28(26)31)32-30(33(27)3)21-5-9-25(10-6-21)38(4,36)37/h5-6,9-12,19-20,22-24H,7-8,13-18H2,1-4H3. The van der Waals surface area contributed by atoms with Gasteiger partial charge in [-0.25, -0.2) is 17.8 Å². The number of rotatable bonds is 5. The summed E-state index contributed by atoms with van der Waals surface area (Å²) in [7, 11) is -1.39. The van der Waals surface area contributed by atoms with Crippen LogP contribution >= 0.6 is 0 Å². The Bertz CT molecular complexity index is 1430. The zero-order chi connectivity index (χ0) is 26.8. The van der Waals surface area contributed by atoms with Crippen LogP contribution in [0.15, 0.2) is 41.3 Å². The highest BCUT2D eigenvalue weighted by Gasteiger charge is 2.43. The number of halogens is 1. The van der Waals surface area contributed by atoms with Crippen molar-refractivity contribution >= 4 is 20.9 Å². The van der Waals surface area contributed by atoms with Gasteiger partial charge in [-0.05, 0) is 107 Å². The number of likely N-dealkylation sites (tertiary alicyclic amines) is 1. The maximum atomic E-state index is 15.9. The van der Waals surface area contributed by atoms with E-state index in [1.807, 2.05) is 23.7 Å². The summed E-state index contributed by atoms with van der Waals surface area (Å²) in [4.78, 5) is 10.4. The second-order valence-corrected chi connectivity index (χ2v) is 14.0. The highest BCUT2D eigenvalue weighted by Crippen LogP contribution is 2.41. The van der Waals surface area contributed by atoms with Crippen molar-refractivity contribution in [3.8, 4) is 11.4 Å². The minimum Gasteiger partial charge on any atom is -0.327 e. The lowest BCUT2D eigenvalue weighted by Crippen LogP contribution is -2.53. The number of hydrogen-bond donors (Lipinski definition) is 0. The fourth-order valence-corrected chi connectivity index (χ4v) is 8.20. The van der Waals surface area contributed by atoms with Gasteiger partial charge in [0.1, 0.15) is 11.3 Å². The lowest BCUT2D eigenvalue weighted by molar-refractivity contribution is 0.0297. The third-order valence-corrected chi connectivity index (χ3v) is 10.5. The molecule has 2 unspecified atom stereocenters. The molecular formula is C30H39FN4O2S. The molecule has 1 aromatic heterocycles. The van der Waals surface area contributed by atoms with E-state index in [2.05, 4.69) is 28.6 Å². The summed E-state index contributed by atoms with van der Waals surface area (Å²) in [6, 6.07) is 13.4. The number of fused-ring (bicyclic) bond motifs is 3. The van der Waals surface area contributed by atoms with Crippen molar-refractivity contribution in [1.82, 2.24) is 19.4 Å². The van der Waals surface area contributed by atoms with E-state index in [0.29, 0.717) is 23.4 Å². The topological polar surface area (TPSA) is 58.4 Å². The van der Waals surface area contributed by atoms with Gasteiger partial charge in [-0.2, -0.15) is 0 Å². The fraction of sp³-hybridized carbons (Fsp3) is 0.567. The summed E-state index contributed by atoms with van der Waals surface area (Å²) in [5, 5.41) is 0. The molecule has 3 aromatic rings. The molecule has 38 heavy (non-hydrogen) atoms. The summed E-state index contributed by atoms with van der Waals surface area (Å²) in [5.74, 6) is 0.634. The van der Waals surface area contributed by atoms with Gasteiger partial charge >= 0.3 is 0 Å². The number of piperidine rings is 2. The molecule has 2 atom stereocenters. The molecule has 0 spiro atoms. The Morgan fingerprint density at radius 2 is 1.55 bits per heavy atom. The zero-order valence-electron chi connectivity index (χ0n) is 22.9. The minimum atomic E-state index is -3.27. The highest BCUT2D eigenvalue weighted by molar-refractivity contribution is 7.90. The molecule has 0 amide bonds. The molecule has 8 heteroatoms. The van der Waals surface area contributed by atoms with Gasteiger partial charge in [-0.3, -0.25) is 4.90 Å². The number of sulfone groups is 1. The van der Waals surface area contributed by atoms with Crippen molar-refractivity contribution in [2.45, 2.75) is 87.4 Å². The van der Waals surface area contributed by atoms with Gasteiger partial charge < -0.3 is 9.47 Å². The van der Waals surface area contributed by atoms with E-state index >= 15 is 4.39 Å². The highest BCUT2D eigenvalue weighted by atomic mass is 32.2. The number of aromatic nitrogens is 2. The van der Waals surface area contributed by atoms with Gasteiger partial charge in [-0.15, -0.1) is 0 Å². The molecule has 4 heterocycles. The van der Waals surface area contributed by atoms with Crippen molar-refractivity contribution in [2.24, 2.45) is 7.05 Å². The molecule has 0 aliphatic carbocycles. The average Bonchev–Trinajstić information content (AvgIpc) is 3.37. The first-order chi connectivity index (χ1) is 18.1.